The molecular formula is C22H22N4O6S2. The highest BCUT2D eigenvalue weighted by Gasteiger charge is 2.27. The first-order valence-corrected chi connectivity index (χ1v) is 13.2. The minimum absolute atomic E-state index is 0.0552. The van der Waals surface area contributed by atoms with Crippen LogP contribution in [0.1, 0.15) is 12.8 Å². The number of sulfonamides is 2. The summed E-state index contributed by atoms with van der Waals surface area (Å²) in [5.41, 5.74) is 0.557. The van der Waals surface area contributed by atoms with Crippen molar-refractivity contribution in [2.24, 2.45) is 0 Å². The lowest BCUT2D eigenvalue weighted by Gasteiger charge is -2.20. The summed E-state index contributed by atoms with van der Waals surface area (Å²) in [4.78, 5) is 17.5. The van der Waals surface area contributed by atoms with Crippen LogP contribution in [0.3, 0.4) is 0 Å². The number of carbonyl (C=O) groups is 1. The van der Waals surface area contributed by atoms with Gasteiger partial charge in [-0.2, -0.15) is 0 Å². The number of benzene rings is 2. The van der Waals surface area contributed by atoms with E-state index in [4.69, 9.17) is 4.74 Å². The predicted octanol–water partition coefficient (Wildman–Crippen LogP) is 2.82. The number of aromatic nitrogens is 1. The van der Waals surface area contributed by atoms with Gasteiger partial charge in [0.1, 0.15) is 11.6 Å². The van der Waals surface area contributed by atoms with Crippen LogP contribution in [0.15, 0.2) is 76.7 Å². The van der Waals surface area contributed by atoms with E-state index in [2.05, 4.69) is 14.4 Å². The largest absolute Gasteiger partial charge is 0.495 e. The van der Waals surface area contributed by atoms with Crippen LogP contribution in [0.5, 0.6) is 5.75 Å². The Morgan fingerprint density at radius 3 is 2.24 bits per heavy atom. The zero-order valence-corrected chi connectivity index (χ0v) is 19.8. The first kappa shape index (κ1) is 23.5. The average molecular weight is 503 g/mol. The van der Waals surface area contributed by atoms with Gasteiger partial charge >= 0.3 is 0 Å². The normalized spacial score (nSPS) is 14.1. The summed E-state index contributed by atoms with van der Waals surface area (Å²) in [5.74, 6) is 0.458. The number of rotatable bonds is 8. The van der Waals surface area contributed by atoms with Crippen molar-refractivity contribution in [3.8, 4) is 5.75 Å². The Labute approximate surface area is 197 Å². The molecule has 0 radical (unpaired) electrons. The van der Waals surface area contributed by atoms with Crippen LogP contribution in [0, 0.1) is 0 Å². The third-order valence-corrected chi connectivity index (χ3v) is 7.90. The second kappa shape index (κ2) is 9.31. The molecule has 0 saturated carbocycles. The van der Waals surface area contributed by atoms with Crippen LogP contribution in [-0.2, 0) is 24.8 Å². The molecule has 0 bridgehead atoms. The Balaban J connectivity index is 1.55. The third kappa shape index (κ3) is 4.97. The van der Waals surface area contributed by atoms with Gasteiger partial charge in [-0.15, -0.1) is 0 Å². The van der Waals surface area contributed by atoms with Gasteiger partial charge in [0.2, 0.25) is 5.91 Å². The average Bonchev–Trinajstić information content (AvgIpc) is 3.24. The van der Waals surface area contributed by atoms with Crippen molar-refractivity contribution >= 4 is 43.1 Å². The smallest absolute Gasteiger partial charge is 0.263 e. The molecule has 3 aromatic rings. The molecule has 0 atom stereocenters. The first-order valence-electron chi connectivity index (χ1n) is 10.2. The fourth-order valence-electron chi connectivity index (χ4n) is 3.49. The lowest BCUT2D eigenvalue weighted by atomic mass is 10.2. The molecule has 0 aliphatic carbocycles. The number of anilines is 3. The predicted molar refractivity (Wildman–Crippen MR) is 127 cm³/mol. The second-order valence-electron chi connectivity index (χ2n) is 7.43. The molecule has 12 heteroatoms. The summed E-state index contributed by atoms with van der Waals surface area (Å²) in [6.07, 6.45) is 2.53. The van der Waals surface area contributed by atoms with Crippen molar-refractivity contribution in [3.63, 3.8) is 0 Å². The van der Waals surface area contributed by atoms with E-state index in [0.29, 0.717) is 30.8 Å². The molecule has 2 N–H and O–H groups in total. The zero-order valence-electron chi connectivity index (χ0n) is 18.1. The fourth-order valence-corrected chi connectivity index (χ4v) is 5.57. The van der Waals surface area contributed by atoms with Crippen LogP contribution >= 0.6 is 0 Å². The number of methoxy groups -OCH3 is 1. The van der Waals surface area contributed by atoms with Crippen molar-refractivity contribution in [2.75, 3.05) is 28.0 Å². The minimum Gasteiger partial charge on any atom is -0.495 e. The monoisotopic (exact) mass is 502 g/mol. The number of pyridine rings is 1. The van der Waals surface area contributed by atoms with Gasteiger partial charge in [-0.3, -0.25) is 14.2 Å². The van der Waals surface area contributed by atoms with Crippen LogP contribution in [0.25, 0.3) is 0 Å². The number of amides is 1. The second-order valence-corrected chi connectivity index (χ2v) is 10.8. The molecule has 10 nitrogen and oxygen atoms in total. The molecule has 178 valence electrons. The number of nitrogens with zero attached hydrogens (tertiary/aromatic N) is 2. The number of hydrogen-bond donors (Lipinski definition) is 2. The van der Waals surface area contributed by atoms with E-state index in [0.717, 1.165) is 0 Å². The van der Waals surface area contributed by atoms with Crippen LogP contribution < -0.4 is 19.1 Å². The summed E-state index contributed by atoms with van der Waals surface area (Å²) in [5, 5.41) is 0. The van der Waals surface area contributed by atoms with Crippen LogP contribution in [0.4, 0.5) is 17.2 Å². The van der Waals surface area contributed by atoms with Gasteiger partial charge in [0.15, 0.2) is 0 Å². The molecule has 0 unspecified atom stereocenters. The fraction of sp³-hybridized carbons (Fsp3) is 0.182. The third-order valence-electron chi connectivity index (χ3n) is 5.15. The molecule has 4 rings (SSSR count). The molecule has 1 aliphatic heterocycles. The molecule has 1 saturated heterocycles. The lowest BCUT2D eigenvalue weighted by Crippen LogP contribution is -2.25. The van der Waals surface area contributed by atoms with E-state index < -0.39 is 20.0 Å². The SMILES string of the molecule is COc1ccc(S(=O)(=O)Nc2ccc(S(=O)(=O)Nc3ccccn3)cc2)cc1N1CCCC1=O. The van der Waals surface area contributed by atoms with Crippen molar-refractivity contribution in [1.29, 1.82) is 0 Å². The topological polar surface area (TPSA) is 135 Å². The molecule has 1 fully saturated rings. The summed E-state index contributed by atoms with van der Waals surface area (Å²) in [6.45, 7) is 0.481. The van der Waals surface area contributed by atoms with Gasteiger partial charge < -0.3 is 9.64 Å². The van der Waals surface area contributed by atoms with Crippen molar-refractivity contribution in [2.45, 2.75) is 22.6 Å². The maximum atomic E-state index is 13.0. The van der Waals surface area contributed by atoms with E-state index in [1.807, 2.05) is 0 Å². The molecule has 0 spiro atoms. The van der Waals surface area contributed by atoms with E-state index in [1.54, 1.807) is 12.1 Å². The van der Waals surface area contributed by atoms with Crippen molar-refractivity contribution < 1.29 is 26.4 Å². The molecule has 1 aromatic heterocycles. The number of carbonyl (C=O) groups excluding carboxylic acids is 1. The molecule has 1 aliphatic rings. The van der Waals surface area contributed by atoms with Gasteiger partial charge in [0.25, 0.3) is 20.0 Å². The highest BCUT2D eigenvalue weighted by atomic mass is 32.2. The highest BCUT2D eigenvalue weighted by Crippen LogP contribution is 2.34. The molecule has 34 heavy (non-hydrogen) atoms. The summed E-state index contributed by atoms with van der Waals surface area (Å²) >= 11 is 0. The highest BCUT2D eigenvalue weighted by molar-refractivity contribution is 7.93. The summed E-state index contributed by atoms with van der Waals surface area (Å²) < 4.78 is 61.1. The number of hydrogen-bond acceptors (Lipinski definition) is 7. The lowest BCUT2D eigenvalue weighted by molar-refractivity contribution is -0.117. The maximum absolute atomic E-state index is 13.0. The van der Waals surface area contributed by atoms with E-state index in [9.17, 15) is 21.6 Å². The van der Waals surface area contributed by atoms with Gasteiger partial charge in [0.05, 0.1) is 22.6 Å². The maximum Gasteiger partial charge on any atom is 0.263 e. The Hall–Kier alpha value is -3.64. The molecule has 1 amide bonds. The van der Waals surface area contributed by atoms with E-state index in [-0.39, 0.29) is 27.2 Å². The summed E-state index contributed by atoms with van der Waals surface area (Å²) in [6, 6.07) is 14.3. The standard InChI is InChI=1S/C22H22N4O6S2/c1-32-20-12-11-18(15-19(20)26-14-4-6-22(26)27)34(30,31)24-16-7-9-17(10-8-16)33(28,29)25-21-5-2-3-13-23-21/h2-3,5,7-13,15,24H,4,6,14H2,1H3,(H,23,25). The van der Waals surface area contributed by atoms with E-state index in [1.165, 1.54) is 66.7 Å². The van der Waals surface area contributed by atoms with Gasteiger partial charge in [-0.1, -0.05) is 6.07 Å². The Bertz CT molecular complexity index is 1410. The Kier molecular flexibility index (Phi) is 6.44. The number of nitrogens with one attached hydrogen (secondary N) is 2. The van der Waals surface area contributed by atoms with Gasteiger partial charge in [0, 0.05) is 24.8 Å². The Morgan fingerprint density at radius 2 is 1.62 bits per heavy atom. The van der Waals surface area contributed by atoms with Crippen molar-refractivity contribution in [3.05, 3.63) is 66.9 Å². The Morgan fingerprint density at radius 1 is 0.912 bits per heavy atom. The molecular weight excluding hydrogens is 480 g/mol. The first-order chi connectivity index (χ1) is 16.2. The quantitative estimate of drug-likeness (QED) is 0.484. The van der Waals surface area contributed by atoms with Crippen molar-refractivity contribution in [1.82, 2.24) is 4.98 Å². The van der Waals surface area contributed by atoms with Crippen LogP contribution in [-0.4, -0.2) is 41.4 Å². The van der Waals surface area contributed by atoms with E-state index >= 15 is 0 Å². The molecule has 2 heterocycles. The zero-order chi connectivity index (χ0) is 24.3. The van der Waals surface area contributed by atoms with Crippen LogP contribution in [0.2, 0.25) is 0 Å². The van der Waals surface area contributed by atoms with Gasteiger partial charge in [-0.05, 0) is 61.0 Å². The van der Waals surface area contributed by atoms with Gasteiger partial charge in [-0.25, -0.2) is 21.8 Å². The minimum atomic E-state index is -4.02. The number of ether oxygens (including phenoxy) is 1. The summed E-state index contributed by atoms with van der Waals surface area (Å²) in [7, 11) is -6.47. The molecule has 2 aromatic carbocycles.